The van der Waals surface area contributed by atoms with E-state index in [1.807, 2.05) is 24.3 Å². The molecule has 4 rings (SSSR count). The number of carbonyl (C=O) groups is 2. The van der Waals surface area contributed by atoms with Crippen LogP contribution in [0.1, 0.15) is 22.3 Å². The number of halogens is 1. The van der Waals surface area contributed by atoms with E-state index in [1.54, 1.807) is 42.2 Å². The van der Waals surface area contributed by atoms with Crippen LogP contribution in [0.25, 0.3) is 0 Å². The summed E-state index contributed by atoms with van der Waals surface area (Å²) in [5, 5.41) is 2.80. The molecule has 0 spiro atoms. The summed E-state index contributed by atoms with van der Waals surface area (Å²) in [6.45, 7) is 1.65. The highest BCUT2D eigenvalue weighted by Crippen LogP contribution is 2.34. The number of amides is 3. The van der Waals surface area contributed by atoms with Crippen LogP contribution < -0.4 is 19.7 Å². The van der Waals surface area contributed by atoms with Gasteiger partial charge in [0.2, 0.25) is 0 Å². The maximum absolute atomic E-state index is 13.4. The fraction of sp³-hybridized carbons (Fsp3) is 0.231. The number of rotatable bonds is 7. The van der Waals surface area contributed by atoms with E-state index < -0.39 is 5.82 Å². The quantitative estimate of drug-likeness (QED) is 0.540. The predicted molar refractivity (Wildman–Crippen MR) is 128 cm³/mol. The summed E-state index contributed by atoms with van der Waals surface area (Å²) in [7, 11) is 3.16. The highest BCUT2D eigenvalue weighted by Gasteiger charge is 2.29. The van der Waals surface area contributed by atoms with Crippen LogP contribution in [0.4, 0.5) is 20.6 Å². The van der Waals surface area contributed by atoms with Gasteiger partial charge in [-0.3, -0.25) is 9.69 Å². The molecule has 0 saturated carbocycles. The predicted octanol–water partition coefficient (Wildman–Crippen LogP) is 4.93. The second-order valence-electron chi connectivity index (χ2n) is 7.91. The molecule has 176 valence electrons. The Morgan fingerprint density at radius 3 is 2.38 bits per heavy atom. The molecule has 1 aliphatic rings. The van der Waals surface area contributed by atoms with Crippen LogP contribution in [-0.2, 0) is 6.54 Å². The minimum absolute atomic E-state index is 0.137. The molecule has 0 aromatic heterocycles. The van der Waals surface area contributed by atoms with Gasteiger partial charge in [-0.15, -0.1) is 0 Å². The molecule has 0 radical (unpaired) electrons. The Hall–Kier alpha value is -4.07. The molecule has 1 saturated heterocycles. The average Bonchev–Trinajstić information content (AvgIpc) is 2.86. The molecule has 1 heterocycles. The second kappa shape index (κ2) is 10.2. The molecule has 3 aromatic carbocycles. The van der Waals surface area contributed by atoms with Crippen molar-refractivity contribution in [3.05, 3.63) is 83.7 Å². The number of hydrogen-bond donors (Lipinski definition) is 1. The third kappa shape index (κ3) is 5.11. The maximum Gasteiger partial charge on any atom is 0.324 e. The van der Waals surface area contributed by atoms with Gasteiger partial charge in [-0.25, -0.2) is 9.18 Å². The number of nitrogens with one attached hydrogen (secondary N) is 1. The third-order valence-electron chi connectivity index (χ3n) is 5.68. The first kappa shape index (κ1) is 23.1. The van der Waals surface area contributed by atoms with Crippen LogP contribution in [-0.4, -0.2) is 44.1 Å². The minimum Gasteiger partial charge on any atom is -0.497 e. The Kier molecular flexibility index (Phi) is 6.96. The van der Waals surface area contributed by atoms with E-state index in [2.05, 4.69) is 5.32 Å². The van der Waals surface area contributed by atoms with E-state index in [0.717, 1.165) is 17.7 Å². The van der Waals surface area contributed by atoms with Crippen LogP contribution in [0.5, 0.6) is 11.5 Å². The van der Waals surface area contributed by atoms with E-state index in [4.69, 9.17) is 9.47 Å². The summed E-state index contributed by atoms with van der Waals surface area (Å²) in [6, 6.07) is 17.9. The molecular weight excluding hydrogens is 437 g/mol. The van der Waals surface area contributed by atoms with E-state index >= 15 is 0 Å². The van der Waals surface area contributed by atoms with Crippen molar-refractivity contribution in [1.29, 1.82) is 0 Å². The molecule has 3 aromatic rings. The number of hydrogen-bond acceptors (Lipinski definition) is 4. The summed E-state index contributed by atoms with van der Waals surface area (Å²) in [5.41, 5.74) is 2.41. The van der Waals surface area contributed by atoms with E-state index in [0.29, 0.717) is 42.3 Å². The van der Waals surface area contributed by atoms with Gasteiger partial charge in [-0.1, -0.05) is 12.1 Å². The minimum atomic E-state index is -0.411. The summed E-state index contributed by atoms with van der Waals surface area (Å²) in [6.07, 6.45) is 0.789. The molecule has 7 nitrogen and oxygen atoms in total. The lowest BCUT2D eigenvalue weighted by atomic mass is 10.1. The van der Waals surface area contributed by atoms with Gasteiger partial charge < -0.3 is 19.7 Å². The van der Waals surface area contributed by atoms with Crippen molar-refractivity contribution in [2.24, 2.45) is 0 Å². The number of benzene rings is 3. The first-order chi connectivity index (χ1) is 16.5. The van der Waals surface area contributed by atoms with Crippen molar-refractivity contribution in [3.63, 3.8) is 0 Å². The number of nitrogens with zero attached hydrogens (tertiary/aromatic N) is 2. The van der Waals surface area contributed by atoms with Crippen LogP contribution in [0.3, 0.4) is 0 Å². The molecule has 0 unspecified atom stereocenters. The van der Waals surface area contributed by atoms with E-state index in [1.165, 1.54) is 24.3 Å². The lowest BCUT2D eigenvalue weighted by Crippen LogP contribution is -2.49. The zero-order chi connectivity index (χ0) is 24.1. The van der Waals surface area contributed by atoms with Crippen LogP contribution >= 0.6 is 0 Å². The molecule has 0 bridgehead atoms. The fourth-order valence-corrected chi connectivity index (χ4v) is 3.89. The highest BCUT2D eigenvalue weighted by molar-refractivity contribution is 6.05. The van der Waals surface area contributed by atoms with Crippen molar-refractivity contribution >= 4 is 23.3 Å². The third-order valence-corrected chi connectivity index (χ3v) is 5.68. The van der Waals surface area contributed by atoms with Crippen molar-refractivity contribution in [3.8, 4) is 11.5 Å². The molecule has 0 aliphatic carbocycles. The molecule has 3 amide bonds. The zero-order valence-corrected chi connectivity index (χ0v) is 19.1. The lowest BCUT2D eigenvalue weighted by Gasteiger charge is -2.36. The van der Waals surface area contributed by atoms with Crippen molar-refractivity contribution in [2.75, 3.05) is 37.5 Å². The Balaban J connectivity index is 1.53. The molecule has 8 heteroatoms. The smallest absolute Gasteiger partial charge is 0.324 e. The Labute approximate surface area is 197 Å². The van der Waals surface area contributed by atoms with Gasteiger partial charge in [0.05, 0.1) is 19.9 Å². The topological polar surface area (TPSA) is 71.1 Å². The number of urea groups is 1. The van der Waals surface area contributed by atoms with Gasteiger partial charge in [-0.05, 0) is 66.6 Å². The normalized spacial score (nSPS) is 13.6. The van der Waals surface area contributed by atoms with Gasteiger partial charge in [0, 0.05) is 30.9 Å². The van der Waals surface area contributed by atoms with Crippen molar-refractivity contribution in [2.45, 2.75) is 13.0 Å². The Bertz CT molecular complexity index is 1170. The van der Waals surface area contributed by atoms with Gasteiger partial charge >= 0.3 is 6.03 Å². The second-order valence-corrected chi connectivity index (χ2v) is 7.91. The van der Waals surface area contributed by atoms with Gasteiger partial charge in [0.1, 0.15) is 17.3 Å². The Morgan fingerprint density at radius 1 is 0.971 bits per heavy atom. The molecular formula is C26H26FN3O4. The molecule has 1 N–H and O–H groups in total. The summed E-state index contributed by atoms with van der Waals surface area (Å²) in [5.74, 6) is 0.507. The van der Waals surface area contributed by atoms with Gasteiger partial charge in [0.25, 0.3) is 5.91 Å². The Morgan fingerprint density at radius 2 is 1.71 bits per heavy atom. The molecule has 1 fully saturated rings. The van der Waals surface area contributed by atoms with Crippen LogP contribution in [0.15, 0.2) is 66.7 Å². The average molecular weight is 464 g/mol. The van der Waals surface area contributed by atoms with E-state index in [9.17, 15) is 14.0 Å². The van der Waals surface area contributed by atoms with E-state index in [-0.39, 0.29) is 11.9 Å². The van der Waals surface area contributed by atoms with Gasteiger partial charge in [-0.2, -0.15) is 0 Å². The SMILES string of the molecule is COc1ccc(CN2CCCN(c3cc(NC(=O)c4ccc(F)cc4)ccc3OC)C2=O)cc1. The number of carbonyl (C=O) groups excluding carboxylic acids is 2. The number of ether oxygens (including phenoxy) is 2. The standard InChI is InChI=1S/C26H26FN3O4/c1-33-22-11-4-18(5-12-22)17-29-14-3-15-30(26(29)32)23-16-21(10-13-24(23)34-2)28-25(31)19-6-8-20(27)9-7-19/h4-13,16H,3,14-15,17H2,1-2H3,(H,28,31). The first-order valence-electron chi connectivity index (χ1n) is 10.9. The largest absolute Gasteiger partial charge is 0.497 e. The monoisotopic (exact) mass is 463 g/mol. The van der Waals surface area contributed by atoms with Gasteiger partial charge in [0.15, 0.2) is 0 Å². The summed E-state index contributed by atoms with van der Waals surface area (Å²) >= 11 is 0. The number of anilines is 2. The van der Waals surface area contributed by atoms with Crippen molar-refractivity contribution in [1.82, 2.24) is 4.90 Å². The fourth-order valence-electron chi connectivity index (χ4n) is 3.89. The summed E-state index contributed by atoms with van der Waals surface area (Å²) in [4.78, 5) is 29.4. The number of methoxy groups -OCH3 is 2. The van der Waals surface area contributed by atoms with Crippen LogP contribution in [0, 0.1) is 5.82 Å². The highest BCUT2D eigenvalue weighted by atomic mass is 19.1. The maximum atomic E-state index is 13.4. The lowest BCUT2D eigenvalue weighted by molar-refractivity contribution is 0.102. The summed E-state index contributed by atoms with van der Waals surface area (Å²) < 4.78 is 23.9. The first-order valence-corrected chi connectivity index (χ1v) is 10.9. The van der Waals surface area contributed by atoms with Crippen LogP contribution in [0.2, 0.25) is 0 Å². The molecule has 0 atom stereocenters. The zero-order valence-electron chi connectivity index (χ0n) is 19.1. The molecule has 34 heavy (non-hydrogen) atoms. The molecule has 1 aliphatic heterocycles. The van der Waals surface area contributed by atoms with Crippen molar-refractivity contribution < 1.29 is 23.5 Å².